The first kappa shape index (κ1) is 18.1. The van der Waals surface area contributed by atoms with Crippen LogP contribution in [0.2, 0.25) is 0 Å². The summed E-state index contributed by atoms with van der Waals surface area (Å²) in [6.45, 7) is 0.830. The Hall–Kier alpha value is -1.94. The van der Waals surface area contributed by atoms with Gasteiger partial charge in [0.1, 0.15) is 0 Å². The summed E-state index contributed by atoms with van der Waals surface area (Å²) in [7, 11) is 0. The van der Waals surface area contributed by atoms with Gasteiger partial charge in [-0.15, -0.1) is 0 Å². The highest BCUT2D eigenvalue weighted by molar-refractivity contribution is 7.99. The third kappa shape index (κ3) is 3.80. The van der Waals surface area contributed by atoms with E-state index >= 15 is 0 Å². The standard InChI is InChI=1S/C24H28N2OS/c27-23(25-16-24-13-17-10-18(14-24)12-19(11-17)15-24)26-21-8-4-5-9-22(21)28-20-6-2-1-3-7-20/h1-9,17-19H,10-16H2,(H2,25,26,27). The third-order valence-corrected chi connectivity index (χ3v) is 7.98. The van der Waals surface area contributed by atoms with Crippen LogP contribution in [0.1, 0.15) is 38.5 Å². The summed E-state index contributed by atoms with van der Waals surface area (Å²) in [5.74, 6) is 2.75. The molecule has 6 rings (SSSR count). The molecule has 146 valence electrons. The molecule has 4 bridgehead atoms. The van der Waals surface area contributed by atoms with E-state index < -0.39 is 0 Å². The van der Waals surface area contributed by atoms with Gasteiger partial charge in [-0.2, -0.15) is 0 Å². The van der Waals surface area contributed by atoms with E-state index in [1.54, 1.807) is 11.8 Å². The van der Waals surface area contributed by atoms with E-state index in [0.717, 1.165) is 34.9 Å². The quantitative estimate of drug-likeness (QED) is 0.638. The lowest BCUT2D eigenvalue weighted by molar-refractivity contribution is -0.0496. The summed E-state index contributed by atoms with van der Waals surface area (Å²) >= 11 is 1.68. The lowest BCUT2D eigenvalue weighted by atomic mass is 9.49. The summed E-state index contributed by atoms with van der Waals surface area (Å²) in [5.41, 5.74) is 1.24. The van der Waals surface area contributed by atoms with Gasteiger partial charge in [0, 0.05) is 16.3 Å². The zero-order valence-corrected chi connectivity index (χ0v) is 17.0. The monoisotopic (exact) mass is 392 g/mol. The van der Waals surface area contributed by atoms with Crippen LogP contribution in [0.25, 0.3) is 0 Å². The number of hydrogen-bond donors (Lipinski definition) is 2. The van der Waals surface area contributed by atoms with E-state index in [1.807, 2.05) is 36.4 Å². The van der Waals surface area contributed by atoms with Crippen LogP contribution in [0.3, 0.4) is 0 Å². The first-order valence-corrected chi connectivity index (χ1v) is 11.4. The van der Waals surface area contributed by atoms with Gasteiger partial charge >= 0.3 is 6.03 Å². The molecule has 0 radical (unpaired) electrons. The van der Waals surface area contributed by atoms with Crippen molar-refractivity contribution in [2.45, 2.75) is 48.3 Å². The average molecular weight is 393 g/mol. The molecule has 0 aliphatic heterocycles. The Morgan fingerprint density at radius 3 is 2.18 bits per heavy atom. The van der Waals surface area contributed by atoms with Crippen LogP contribution in [0.5, 0.6) is 0 Å². The van der Waals surface area contributed by atoms with Gasteiger partial charge in [-0.3, -0.25) is 0 Å². The predicted octanol–water partition coefficient (Wildman–Crippen LogP) is 6.18. The van der Waals surface area contributed by atoms with Crippen LogP contribution >= 0.6 is 11.8 Å². The summed E-state index contributed by atoms with van der Waals surface area (Å²) in [6.07, 6.45) is 8.28. The second-order valence-electron chi connectivity index (χ2n) is 9.14. The predicted molar refractivity (Wildman–Crippen MR) is 115 cm³/mol. The second-order valence-corrected chi connectivity index (χ2v) is 10.3. The normalized spacial score (nSPS) is 30.2. The molecular weight excluding hydrogens is 364 g/mol. The van der Waals surface area contributed by atoms with Gasteiger partial charge < -0.3 is 10.6 Å². The molecule has 0 saturated heterocycles. The highest BCUT2D eigenvalue weighted by Crippen LogP contribution is 2.59. The Balaban J connectivity index is 1.22. The minimum absolute atomic E-state index is 0.0724. The number of benzene rings is 2. The zero-order chi connectivity index (χ0) is 19.0. The Kier molecular flexibility index (Phi) is 4.83. The molecule has 2 aromatic carbocycles. The smallest absolute Gasteiger partial charge is 0.319 e. The van der Waals surface area contributed by atoms with Crippen LogP contribution in [0, 0.1) is 23.2 Å². The van der Waals surface area contributed by atoms with Crippen LogP contribution < -0.4 is 10.6 Å². The van der Waals surface area contributed by atoms with E-state index in [9.17, 15) is 4.79 Å². The molecule has 0 aromatic heterocycles. The van der Waals surface area contributed by atoms with Crippen molar-refractivity contribution in [1.82, 2.24) is 5.32 Å². The maximum absolute atomic E-state index is 12.7. The number of anilines is 1. The Bertz CT molecular complexity index is 815. The molecule has 0 spiro atoms. The summed E-state index contributed by atoms with van der Waals surface area (Å²) in [6, 6.07) is 18.2. The van der Waals surface area contributed by atoms with Crippen molar-refractivity contribution in [3.8, 4) is 0 Å². The van der Waals surface area contributed by atoms with E-state index in [2.05, 4.69) is 28.8 Å². The van der Waals surface area contributed by atoms with Crippen molar-refractivity contribution in [3.63, 3.8) is 0 Å². The number of carbonyl (C=O) groups is 1. The van der Waals surface area contributed by atoms with Crippen molar-refractivity contribution >= 4 is 23.5 Å². The number of nitrogens with one attached hydrogen (secondary N) is 2. The summed E-state index contributed by atoms with van der Waals surface area (Å²) < 4.78 is 0. The molecular formula is C24H28N2OS. The molecule has 4 fully saturated rings. The SMILES string of the molecule is O=C(NCC12CC3CC(CC(C3)C1)C2)Nc1ccccc1Sc1ccccc1. The fraction of sp³-hybridized carbons (Fsp3) is 0.458. The minimum atomic E-state index is -0.0724. The number of amides is 2. The number of rotatable bonds is 5. The topological polar surface area (TPSA) is 41.1 Å². The molecule has 0 heterocycles. The highest BCUT2D eigenvalue weighted by Gasteiger charge is 2.50. The molecule has 4 aliphatic rings. The summed E-state index contributed by atoms with van der Waals surface area (Å²) in [5, 5.41) is 6.31. The maximum Gasteiger partial charge on any atom is 0.319 e. The van der Waals surface area contributed by atoms with Crippen molar-refractivity contribution < 1.29 is 4.79 Å². The molecule has 3 nitrogen and oxygen atoms in total. The minimum Gasteiger partial charge on any atom is -0.337 e. The first-order chi connectivity index (χ1) is 13.7. The fourth-order valence-corrected chi connectivity index (χ4v) is 7.14. The summed E-state index contributed by atoms with van der Waals surface area (Å²) in [4.78, 5) is 14.9. The van der Waals surface area contributed by atoms with Crippen molar-refractivity contribution in [3.05, 3.63) is 54.6 Å². The molecule has 0 atom stereocenters. The van der Waals surface area contributed by atoms with Crippen molar-refractivity contribution in [1.29, 1.82) is 0 Å². The van der Waals surface area contributed by atoms with Crippen LogP contribution in [-0.2, 0) is 0 Å². The van der Waals surface area contributed by atoms with Gasteiger partial charge in [0.2, 0.25) is 0 Å². The molecule has 4 aliphatic carbocycles. The Morgan fingerprint density at radius 2 is 1.50 bits per heavy atom. The number of para-hydroxylation sites is 1. The molecule has 4 saturated carbocycles. The Labute approximate surface area is 171 Å². The van der Waals surface area contributed by atoms with Gasteiger partial charge in [-0.05, 0) is 86.0 Å². The lowest BCUT2D eigenvalue weighted by Crippen LogP contribution is -2.51. The van der Waals surface area contributed by atoms with Gasteiger partial charge in [0.05, 0.1) is 5.69 Å². The zero-order valence-electron chi connectivity index (χ0n) is 16.2. The van der Waals surface area contributed by atoms with Gasteiger partial charge in [0.15, 0.2) is 0 Å². The van der Waals surface area contributed by atoms with Gasteiger partial charge in [-0.25, -0.2) is 4.79 Å². The van der Waals surface area contributed by atoms with E-state index in [-0.39, 0.29) is 6.03 Å². The van der Waals surface area contributed by atoms with Gasteiger partial charge in [-0.1, -0.05) is 42.1 Å². The highest BCUT2D eigenvalue weighted by atomic mass is 32.2. The van der Waals surface area contributed by atoms with E-state index in [0.29, 0.717) is 5.41 Å². The van der Waals surface area contributed by atoms with Crippen molar-refractivity contribution in [2.75, 3.05) is 11.9 Å². The largest absolute Gasteiger partial charge is 0.337 e. The maximum atomic E-state index is 12.7. The first-order valence-electron chi connectivity index (χ1n) is 10.5. The molecule has 28 heavy (non-hydrogen) atoms. The lowest BCUT2D eigenvalue weighted by Gasteiger charge is -2.56. The Morgan fingerprint density at radius 1 is 0.893 bits per heavy atom. The molecule has 2 N–H and O–H groups in total. The van der Waals surface area contributed by atoms with Gasteiger partial charge in [0.25, 0.3) is 0 Å². The number of carbonyl (C=O) groups excluding carboxylic acids is 1. The van der Waals surface area contributed by atoms with Crippen LogP contribution in [0.15, 0.2) is 64.4 Å². The van der Waals surface area contributed by atoms with E-state index in [4.69, 9.17) is 0 Å². The number of urea groups is 1. The average Bonchev–Trinajstić information content (AvgIpc) is 2.68. The van der Waals surface area contributed by atoms with Crippen molar-refractivity contribution in [2.24, 2.45) is 23.2 Å². The molecule has 4 heteroatoms. The molecule has 0 unspecified atom stereocenters. The second kappa shape index (κ2) is 7.47. The van der Waals surface area contributed by atoms with Crippen LogP contribution in [-0.4, -0.2) is 12.6 Å². The fourth-order valence-electron chi connectivity index (χ4n) is 6.22. The number of hydrogen-bond acceptors (Lipinski definition) is 2. The molecule has 2 amide bonds. The molecule has 2 aromatic rings. The van der Waals surface area contributed by atoms with E-state index in [1.165, 1.54) is 43.4 Å². The van der Waals surface area contributed by atoms with Crippen LogP contribution in [0.4, 0.5) is 10.5 Å². The third-order valence-electron chi connectivity index (χ3n) is 6.90.